The van der Waals surface area contributed by atoms with Gasteiger partial charge in [0.1, 0.15) is 11.9 Å². The van der Waals surface area contributed by atoms with Crippen molar-refractivity contribution in [1.29, 1.82) is 0 Å². The number of aromatic nitrogens is 3. The van der Waals surface area contributed by atoms with Crippen molar-refractivity contribution in [3.8, 4) is 16.9 Å². The summed E-state index contributed by atoms with van der Waals surface area (Å²) in [6.07, 6.45) is 1.83. The number of amides is 1. The van der Waals surface area contributed by atoms with E-state index in [-0.39, 0.29) is 18.3 Å². The van der Waals surface area contributed by atoms with Crippen LogP contribution in [0, 0.1) is 5.82 Å². The number of carbonyl (C=O) groups excluding carboxylic acids is 1. The van der Waals surface area contributed by atoms with Gasteiger partial charge in [0.25, 0.3) is 0 Å². The summed E-state index contributed by atoms with van der Waals surface area (Å²) in [5, 5.41) is 7.58. The van der Waals surface area contributed by atoms with Crippen LogP contribution in [0.3, 0.4) is 0 Å². The highest BCUT2D eigenvalue weighted by atomic mass is 19.1. The number of benzene rings is 3. The summed E-state index contributed by atoms with van der Waals surface area (Å²) in [5.41, 5.74) is 3.94. The van der Waals surface area contributed by atoms with Crippen molar-refractivity contribution in [3.63, 3.8) is 0 Å². The van der Waals surface area contributed by atoms with E-state index in [4.69, 9.17) is 4.42 Å². The van der Waals surface area contributed by atoms with E-state index in [9.17, 15) is 14.0 Å². The quantitative estimate of drug-likeness (QED) is 0.409. The summed E-state index contributed by atoms with van der Waals surface area (Å²) in [5.74, 6) is -1.27. The van der Waals surface area contributed by atoms with E-state index in [2.05, 4.69) is 10.4 Å². The molecule has 34 heavy (non-hydrogen) atoms. The van der Waals surface area contributed by atoms with Gasteiger partial charge in [0.15, 0.2) is 5.58 Å². The Morgan fingerprint density at radius 3 is 2.50 bits per heavy atom. The summed E-state index contributed by atoms with van der Waals surface area (Å²) >= 11 is 0. The second-order valence-corrected chi connectivity index (χ2v) is 7.89. The lowest BCUT2D eigenvalue weighted by Crippen LogP contribution is -2.34. The van der Waals surface area contributed by atoms with Gasteiger partial charge in [0, 0.05) is 23.9 Å². The predicted molar refractivity (Wildman–Crippen MR) is 126 cm³/mol. The molecule has 0 radical (unpaired) electrons. The Morgan fingerprint density at radius 1 is 1.03 bits per heavy atom. The molecule has 0 aliphatic carbocycles. The number of oxazole rings is 1. The average molecular weight is 456 g/mol. The summed E-state index contributed by atoms with van der Waals surface area (Å²) < 4.78 is 21.8. The number of para-hydroxylation sites is 3. The Labute approximate surface area is 194 Å². The van der Waals surface area contributed by atoms with E-state index in [1.807, 2.05) is 36.5 Å². The summed E-state index contributed by atoms with van der Waals surface area (Å²) in [7, 11) is 0. The number of halogens is 1. The van der Waals surface area contributed by atoms with E-state index in [0.717, 1.165) is 16.8 Å². The standard InChI is InChI=1S/C26H21FN4O3/c1-17(31-22-9-5-6-10-23(22)34-26(31)33)25(32)28-15-19-16-30(21-7-3-2-4-8-21)29-24(19)18-11-13-20(27)14-12-18/h2-14,16-17H,15H2,1H3,(H,28,32). The van der Waals surface area contributed by atoms with E-state index in [1.54, 1.807) is 48.0 Å². The largest absolute Gasteiger partial charge is 0.420 e. The lowest BCUT2D eigenvalue weighted by molar-refractivity contribution is -0.124. The van der Waals surface area contributed by atoms with Crippen molar-refractivity contribution < 1.29 is 13.6 Å². The molecular formula is C26H21FN4O3. The number of rotatable bonds is 6. The van der Waals surface area contributed by atoms with Gasteiger partial charge in [-0.1, -0.05) is 30.3 Å². The van der Waals surface area contributed by atoms with E-state index < -0.39 is 11.8 Å². The summed E-state index contributed by atoms with van der Waals surface area (Å²) in [6, 6.07) is 21.8. The zero-order valence-electron chi connectivity index (χ0n) is 18.3. The summed E-state index contributed by atoms with van der Waals surface area (Å²) in [4.78, 5) is 25.3. The van der Waals surface area contributed by atoms with Crippen molar-refractivity contribution in [2.45, 2.75) is 19.5 Å². The van der Waals surface area contributed by atoms with Gasteiger partial charge in [-0.25, -0.2) is 13.9 Å². The maximum Gasteiger partial charge on any atom is 0.420 e. The highest BCUT2D eigenvalue weighted by molar-refractivity contribution is 5.83. The average Bonchev–Trinajstić information content (AvgIpc) is 3.43. The highest BCUT2D eigenvalue weighted by Crippen LogP contribution is 2.24. The van der Waals surface area contributed by atoms with E-state index in [0.29, 0.717) is 16.8 Å². The van der Waals surface area contributed by atoms with Crippen LogP contribution in [0.2, 0.25) is 0 Å². The van der Waals surface area contributed by atoms with Crippen molar-refractivity contribution in [2.24, 2.45) is 0 Å². The number of fused-ring (bicyclic) bond motifs is 1. The molecular weight excluding hydrogens is 435 g/mol. The number of nitrogens with one attached hydrogen (secondary N) is 1. The van der Waals surface area contributed by atoms with Crippen LogP contribution in [-0.2, 0) is 11.3 Å². The zero-order chi connectivity index (χ0) is 23.7. The van der Waals surface area contributed by atoms with Crippen LogP contribution in [0.4, 0.5) is 4.39 Å². The molecule has 3 aromatic carbocycles. The first-order valence-electron chi connectivity index (χ1n) is 10.8. The lowest BCUT2D eigenvalue weighted by atomic mass is 10.1. The third-order valence-corrected chi connectivity index (χ3v) is 5.67. The van der Waals surface area contributed by atoms with Crippen LogP contribution >= 0.6 is 0 Å². The minimum absolute atomic E-state index is 0.174. The van der Waals surface area contributed by atoms with Crippen LogP contribution < -0.4 is 11.1 Å². The molecule has 5 rings (SSSR count). The fourth-order valence-electron chi connectivity index (χ4n) is 3.90. The number of nitrogens with zero attached hydrogens (tertiary/aromatic N) is 3. The number of carbonyl (C=O) groups is 1. The molecule has 5 aromatic rings. The fourth-order valence-corrected chi connectivity index (χ4v) is 3.90. The van der Waals surface area contributed by atoms with Crippen molar-refractivity contribution in [2.75, 3.05) is 0 Å². The Bertz CT molecular complexity index is 1520. The second-order valence-electron chi connectivity index (χ2n) is 7.89. The molecule has 1 N–H and O–H groups in total. The van der Waals surface area contributed by atoms with Crippen LogP contribution in [0.15, 0.2) is 94.3 Å². The molecule has 7 nitrogen and oxygen atoms in total. The topological polar surface area (TPSA) is 82.1 Å². The van der Waals surface area contributed by atoms with Crippen LogP contribution in [-0.4, -0.2) is 20.3 Å². The number of hydrogen-bond donors (Lipinski definition) is 1. The molecule has 0 saturated carbocycles. The number of hydrogen-bond acceptors (Lipinski definition) is 4. The molecule has 0 aliphatic heterocycles. The molecule has 2 aromatic heterocycles. The molecule has 8 heteroatoms. The van der Waals surface area contributed by atoms with Gasteiger partial charge in [-0.2, -0.15) is 5.10 Å². The first kappa shape index (κ1) is 21.4. The molecule has 0 bridgehead atoms. The normalized spacial score (nSPS) is 12.1. The first-order valence-corrected chi connectivity index (χ1v) is 10.8. The van der Waals surface area contributed by atoms with Gasteiger partial charge in [-0.15, -0.1) is 0 Å². The van der Waals surface area contributed by atoms with Gasteiger partial charge in [-0.05, 0) is 55.5 Å². The molecule has 0 fully saturated rings. The summed E-state index contributed by atoms with van der Waals surface area (Å²) in [6.45, 7) is 1.82. The molecule has 0 saturated heterocycles. The third kappa shape index (κ3) is 4.01. The Balaban J connectivity index is 1.43. The molecule has 0 spiro atoms. The lowest BCUT2D eigenvalue weighted by Gasteiger charge is -2.13. The van der Waals surface area contributed by atoms with Crippen molar-refractivity contribution >= 4 is 17.0 Å². The smallest absolute Gasteiger partial charge is 0.408 e. The second kappa shape index (κ2) is 8.82. The van der Waals surface area contributed by atoms with Crippen molar-refractivity contribution in [1.82, 2.24) is 19.7 Å². The van der Waals surface area contributed by atoms with Gasteiger partial charge in [-0.3, -0.25) is 9.36 Å². The molecule has 1 amide bonds. The van der Waals surface area contributed by atoms with Gasteiger partial charge in [0.2, 0.25) is 5.91 Å². The zero-order valence-corrected chi connectivity index (χ0v) is 18.3. The Hall–Kier alpha value is -4.46. The Kier molecular flexibility index (Phi) is 5.55. The molecule has 1 atom stereocenters. The van der Waals surface area contributed by atoms with Gasteiger partial charge >= 0.3 is 5.76 Å². The first-order chi connectivity index (χ1) is 16.5. The molecule has 0 aliphatic rings. The van der Waals surface area contributed by atoms with E-state index in [1.165, 1.54) is 16.7 Å². The molecule has 2 heterocycles. The van der Waals surface area contributed by atoms with Crippen LogP contribution in [0.25, 0.3) is 28.0 Å². The predicted octanol–water partition coefficient (Wildman–Crippen LogP) is 4.46. The minimum Gasteiger partial charge on any atom is -0.408 e. The SMILES string of the molecule is CC(C(=O)NCc1cn(-c2ccccc2)nc1-c1ccc(F)cc1)n1c(=O)oc2ccccc21. The third-order valence-electron chi connectivity index (χ3n) is 5.67. The van der Waals surface area contributed by atoms with Crippen molar-refractivity contribution in [3.05, 3.63) is 107 Å². The molecule has 170 valence electrons. The highest BCUT2D eigenvalue weighted by Gasteiger charge is 2.22. The Morgan fingerprint density at radius 2 is 1.74 bits per heavy atom. The fraction of sp³-hybridized carbons (Fsp3) is 0.115. The minimum atomic E-state index is -0.783. The van der Waals surface area contributed by atoms with Crippen LogP contribution in [0.1, 0.15) is 18.5 Å². The van der Waals surface area contributed by atoms with Gasteiger partial charge in [0.05, 0.1) is 16.9 Å². The van der Waals surface area contributed by atoms with Gasteiger partial charge < -0.3 is 9.73 Å². The van der Waals surface area contributed by atoms with Crippen LogP contribution in [0.5, 0.6) is 0 Å². The maximum absolute atomic E-state index is 13.5. The maximum atomic E-state index is 13.5. The van der Waals surface area contributed by atoms with E-state index >= 15 is 0 Å². The molecule has 1 unspecified atom stereocenters. The monoisotopic (exact) mass is 456 g/mol.